The lowest BCUT2D eigenvalue weighted by molar-refractivity contribution is -0.493. The van der Waals surface area contributed by atoms with Crippen molar-refractivity contribution in [3.05, 3.63) is 72.6 Å². The van der Waals surface area contributed by atoms with Gasteiger partial charge in [-0.2, -0.15) is 4.98 Å². The molecule has 18 nitrogen and oxygen atoms in total. The van der Waals surface area contributed by atoms with E-state index in [9.17, 15) is 13.2 Å². The molecule has 4 rings (SSSR count). The molecule has 0 bridgehead atoms. The van der Waals surface area contributed by atoms with Gasteiger partial charge in [0.25, 0.3) is 15.9 Å². The first-order valence-corrected chi connectivity index (χ1v) is 16.8. The van der Waals surface area contributed by atoms with Gasteiger partial charge in [0.1, 0.15) is 19.8 Å². The summed E-state index contributed by atoms with van der Waals surface area (Å²) >= 11 is 0. The summed E-state index contributed by atoms with van der Waals surface area (Å²) in [6.07, 6.45) is 1.90. The highest BCUT2D eigenvalue weighted by atomic mass is 32.2. The van der Waals surface area contributed by atoms with E-state index < -0.39 is 21.6 Å². The van der Waals surface area contributed by atoms with Crippen molar-refractivity contribution >= 4 is 22.0 Å². The zero-order valence-corrected chi connectivity index (χ0v) is 29.0. The van der Waals surface area contributed by atoms with Gasteiger partial charge >= 0.3 is 6.16 Å². The number of ether oxygens (including phenoxy) is 6. The van der Waals surface area contributed by atoms with Crippen molar-refractivity contribution in [2.24, 2.45) is 0 Å². The van der Waals surface area contributed by atoms with Gasteiger partial charge in [0.2, 0.25) is 11.6 Å². The SMILES string of the molecule is COc1ccccc1Oc1c(NS(=O)(=O)c2ccc(C(C)(C)C)cc2)nc(-c2ncccn2)nc1OCCOC(=O)OCCOCCON(O)O. The normalized spacial score (nSPS) is 11.6. The van der Waals surface area contributed by atoms with E-state index >= 15 is 0 Å². The quantitative estimate of drug-likeness (QED) is 0.0733. The van der Waals surface area contributed by atoms with Crippen LogP contribution in [0.25, 0.3) is 11.6 Å². The number of sulfonamides is 1. The molecular formula is C32H38N6O12S. The van der Waals surface area contributed by atoms with Crippen molar-refractivity contribution in [2.75, 3.05) is 51.5 Å². The molecule has 0 aliphatic heterocycles. The molecule has 2 heterocycles. The van der Waals surface area contributed by atoms with Gasteiger partial charge in [0, 0.05) is 12.4 Å². The molecule has 274 valence electrons. The molecule has 51 heavy (non-hydrogen) atoms. The van der Waals surface area contributed by atoms with Gasteiger partial charge in [0.05, 0.1) is 37.2 Å². The molecule has 0 saturated carbocycles. The lowest BCUT2D eigenvalue weighted by atomic mass is 9.87. The standard InChI is InChI=1S/C32H38N6O12S/c1-32(2,3)22-10-12-23(13-11-22)51(42,43)37-27-26(50-25-9-6-5-8-24(25)44-4)30(36-29(35-27)28-33-14-7-15-34-28)46-19-20-48-31(39)47-18-16-45-17-21-49-38(40)41/h5-15,40-41H,16-21H2,1-4H3,(H,35,36,37). The molecule has 2 aromatic carbocycles. The van der Waals surface area contributed by atoms with E-state index in [4.69, 9.17) is 38.8 Å². The lowest BCUT2D eigenvalue weighted by Crippen LogP contribution is -2.20. The molecule has 4 aromatic rings. The third-order valence-electron chi connectivity index (χ3n) is 6.57. The average molecular weight is 731 g/mol. The molecule has 0 aliphatic carbocycles. The molecule has 0 atom stereocenters. The predicted octanol–water partition coefficient (Wildman–Crippen LogP) is 4.39. The van der Waals surface area contributed by atoms with E-state index in [1.165, 1.54) is 31.6 Å². The van der Waals surface area contributed by atoms with Crippen LogP contribution in [0.15, 0.2) is 71.9 Å². The summed E-state index contributed by atoms with van der Waals surface area (Å²) in [6.45, 7) is 5.13. The Morgan fingerprint density at radius 3 is 2.12 bits per heavy atom. The molecule has 0 fully saturated rings. The minimum Gasteiger partial charge on any atom is -0.493 e. The fraction of sp³-hybridized carbons (Fsp3) is 0.344. The molecule has 19 heteroatoms. The van der Waals surface area contributed by atoms with Crippen LogP contribution in [0.2, 0.25) is 0 Å². The first-order chi connectivity index (χ1) is 24.4. The fourth-order valence-electron chi connectivity index (χ4n) is 4.11. The third kappa shape index (κ3) is 11.7. The van der Waals surface area contributed by atoms with E-state index in [0.717, 1.165) is 5.56 Å². The Balaban J connectivity index is 1.59. The minimum absolute atomic E-state index is 0.000301. The van der Waals surface area contributed by atoms with Crippen LogP contribution in [0.3, 0.4) is 0 Å². The van der Waals surface area contributed by atoms with Crippen LogP contribution < -0.4 is 18.9 Å². The zero-order chi connectivity index (χ0) is 36.9. The number of hydrogen-bond donors (Lipinski definition) is 3. The van der Waals surface area contributed by atoms with Gasteiger partial charge in [-0.1, -0.05) is 45.0 Å². The number of nitrogens with one attached hydrogen (secondary N) is 1. The summed E-state index contributed by atoms with van der Waals surface area (Å²) in [6, 6.07) is 14.7. The summed E-state index contributed by atoms with van der Waals surface area (Å²) in [5.41, 5.74) is 0.734. The van der Waals surface area contributed by atoms with Gasteiger partial charge < -0.3 is 28.4 Å². The van der Waals surface area contributed by atoms with Gasteiger partial charge in [-0.3, -0.25) is 15.1 Å². The van der Waals surface area contributed by atoms with Crippen molar-refractivity contribution in [3.8, 4) is 34.8 Å². The number of anilines is 1. The molecular weight excluding hydrogens is 692 g/mol. The summed E-state index contributed by atoms with van der Waals surface area (Å²) in [5.74, 6) is -0.318. The van der Waals surface area contributed by atoms with Crippen molar-refractivity contribution in [1.82, 2.24) is 25.3 Å². The van der Waals surface area contributed by atoms with E-state index in [-0.39, 0.29) is 84.8 Å². The topological polar surface area (TPSA) is 223 Å². The monoisotopic (exact) mass is 730 g/mol. The number of hydrogen-bond acceptors (Lipinski definition) is 17. The van der Waals surface area contributed by atoms with Crippen molar-refractivity contribution in [3.63, 3.8) is 0 Å². The van der Waals surface area contributed by atoms with Crippen LogP contribution in [0.4, 0.5) is 10.6 Å². The summed E-state index contributed by atoms with van der Waals surface area (Å²) < 4.78 is 62.5. The highest BCUT2D eigenvalue weighted by Crippen LogP contribution is 2.41. The van der Waals surface area contributed by atoms with Gasteiger partial charge in [-0.25, -0.2) is 33.0 Å². The maximum absolute atomic E-state index is 13.7. The maximum Gasteiger partial charge on any atom is 0.508 e. The smallest absolute Gasteiger partial charge is 0.493 e. The zero-order valence-electron chi connectivity index (χ0n) is 28.2. The Hall–Kier alpha value is -5.18. The van der Waals surface area contributed by atoms with Crippen LogP contribution in [0.5, 0.6) is 23.1 Å². The van der Waals surface area contributed by atoms with Crippen LogP contribution in [0, 0.1) is 0 Å². The first kappa shape index (κ1) is 38.6. The summed E-state index contributed by atoms with van der Waals surface area (Å²) in [7, 11) is -2.81. The number of benzene rings is 2. The predicted molar refractivity (Wildman–Crippen MR) is 177 cm³/mol. The average Bonchev–Trinajstić information content (AvgIpc) is 3.10. The number of nitrogens with zero attached hydrogens (tertiary/aromatic N) is 5. The van der Waals surface area contributed by atoms with Crippen molar-refractivity contribution in [2.45, 2.75) is 31.1 Å². The Kier molecular flexibility index (Phi) is 13.8. The molecule has 0 saturated heterocycles. The molecule has 2 aromatic heterocycles. The van der Waals surface area contributed by atoms with Crippen LogP contribution >= 0.6 is 0 Å². The Bertz CT molecular complexity index is 1830. The van der Waals surface area contributed by atoms with Gasteiger partial charge in [0.15, 0.2) is 23.1 Å². The fourth-order valence-corrected chi connectivity index (χ4v) is 5.11. The van der Waals surface area contributed by atoms with Crippen molar-refractivity contribution in [1.29, 1.82) is 0 Å². The maximum atomic E-state index is 13.7. The highest BCUT2D eigenvalue weighted by Gasteiger charge is 2.26. The number of rotatable bonds is 18. The minimum atomic E-state index is -4.25. The second kappa shape index (κ2) is 18.2. The van der Waals surface area contributed by atoms with Gasteiger partial charge in [-0.15, -0.1) is 0 Å². The molecule has 0 unspecified atom stereocenters. The Labute approximate surface area is 293 Å². The van der Waals surface area contributed by atoms with E-state index in [1.54, 1.807) is 42.5 Å². The molecule has 0 aliphatic rings. The number of para-hydroxylation sites is 2. The van der Waals surface area contributed by atoms with E-state index in [2.05, 4.69) is 29.5 Å². The summed E-state index contributed by atoms with van der Waals surface area (Å²) in [5, 5.41) is 16.5. The number of methoxy groups -OCH3 is 1. The molecule has 3 N–H and O–H groups in total. The van der Waals surface area contributed by atoms with Gasteiger partial charge in [-0.05, 0) is 41.3 Å². The number of aromatic nitrogens is 4. The Morgan fingerprint density at radius 2 is 1.47 bits per heavy atom. The molecule has 0 spiro atoms. The van der Waals surface area contributed by atoms with Crippen LogP contribution in [-0.4, -0.2) is 97.1 Å². The number of carbonyl (C=O) groups excluding carboxylic acids is 1. The van der Waals surface area contributed by atoms with E-state index in [1.807, 2.05) is 20.8 Å². The second-order valence-corrected chi connectivity index (χ2v) is 12.9. The largest absolute Gasteiger partial charge is 0.508 e. The molecule has 0 radical (unpaired) electrons. The van der Waals surface area contributed by atoms with E-state index in [0.29, 0.717) is 5.75 Å². The summed E-state index contributed by atoms with van der Waals surface area (Å²) in [4.78, 5) is 33.6. The third-order valence-corrected chi connectivity index (χ3v) is 7.92. The lowest BCUT2D eigenvalue weighted by Gasteiger charge is -2.20. The number of carbonyl (C=O) groups is 1. The van der Waals surface area contributed by atoms with Crippen LogP contribution in [-0.2, 0) is 34.5 Å². The first-order valence-electron chi connectivity index (χ1n) is 15.3. The highest BCUT2D eigenvalue weighted by molar-refractivity contribution is 7.92. The Morgan fingerprint density at radius 1 is 0.824 bits per heavy atom. The van der Waals surface area contributed by atoms with Crippen LogP contribution in [0.1, 0.15) is 26.3 Å². The second-order valence-electron chi connectivity index (χ2n) is 11.2. The van der Waals surface area contributed by atoms with Crippen molar-refractivity contribution < 1.29 is 56.9 Å². The molecule has 0 amide bonds.